The van der Waals surface area contributed by atoms with E-state index in [1.807, 2.05) is 24.3 Å². The van der Waals surface area contributed by atoms with E-state index >= 15 is 0 Å². The Morgan fingerprint density at radius 2 is 2.05 bits per heavy atom. The predicted molar refractivity (Wildman–Crippen MR) is 88.8 cm³/mol. The zero-order chi connectivity index (χ0) is 15.4. The van der Waals surface area contributed by atoms with Crippen molar-refractivity contribution in [3.8, 4) is 5.75 Å². The first kappa shape index (κ1) is 15.8. The van der Waals surface area contributed by atoms with E-state index in [0.717, 1.165) is 15.7 Å². The molecule has 0 spiro atoms. The van der Waals surface area contributed by atoms with Crippen LogP contribution in [0.4, 0.5) is 11.4 Å². The largest absolute Gasteiger partial charge is 0.495 e. The Labute approximate surface area is 138 Å². The van der Waals surface area contributed by atoms with E-state index in [9.17, 15) is 10.1 Å². The van der Waals surface area contributed by atoms with Crippen LogP contribution in [0, 0.1) is 10.1 Å². The molecule has 110 valence electrons. The minimum Gasteiger partial charge on any atom is -0.495 e. The van der Waals surface area contributed by atoms with Gasteiger partial charge in [0, 0.05) is 17.1 Å². The summed E-state index contributed by atoms with van der Waals surface area (Å²) in [5.74, 6) is 0.708. The number of anilines is 1. The van der Waals surface area contributed by atoms with E-state index < -0.39 is 4.92 Å². The molecule has 7 heteroatoms. The fourth-order valence-corrected chi connectivity index (χ4v) is 2.76. The van der Waals surface area contributed by atoms with Crippen LogP contribution in [0.2, 0.25) is 0 Å². The maximum Gasteiger partial charge on any atom is 0.283 e. The molecule has 0 fully saturated rings. The lowest BCUT2D eigenvalue weighted by Crippen LogP contribution is -2.03. The molecule has 1 N–H and O–H groups in total. The molecule has 0 heterocycles. The summed E-state index contributed by atoms with van der Waals surface area (Å²) in [5, 5.41) is 14.1. The standard InChI is InChI=1S/C14H12Br2N2O3/c1-21-13-6-5-10(15)7-11(13)17-8-9-3-2-4-12(14(9)16)18(19)20/h2-7,17H,8H2,1H3. The summed E-state index contributed by atoms with van der Waals surface area (Å²) in [7, 11) is 1.59. The molecular formula is C14H12Br2N2O3. The first-order valence-electron chi connectivity index (χ1n) is 6.02. The van der Waals surface area contributed by atoms with Gasteiger partial charge in [0.15, 0.2) is 0 Å². The molecule has 2 aromatic carbocycles. The number of nitro benzene ring substituents is 1. The molecule has 0 bridgehead atoms. The highest BCUT2D eigenvalue weighted by Gasteiger charge is 2.15. The van der Waals surface area contributed by atoms with Crippen molar-refractivity contribution in [2.75, 3.05) is 12.4 Å². The van der Waals surface area contributed by atoms with E-state index in [1.54, 1.807) is 13.2 Å². The number of nitrogens with zero attached hydrogens (tertiary/aromatic N) is 1. The first-order chi connectivity index (χ1) is 10.0. The van der Waals surface area contributed by atoms with Crippen molar-refractivity contribution in [2.45, 2.75) is 6.54 Å². The second kappa shape index (κ2) is 6.91. The van der Waals surface area contributed by atoms with Crippen molar-refractivity contribution in [3.63, 3.8) is 0 Å². The monoisotopic (exact) mass is 414 g/mol. The maximum atomic E-state index is 10.9. The molecule has 0 radical (unpaired) electrons. The van der Waals surface area contributed by atoms with Gasteiger partial charge in [-0.15, -0.1) is 0 Å². The summed E-state index contributed by atoms with van der Waals surface area (Å²) in [6.07, 6.45) is 0. The van der Waals surface area contributed by atoms with Gasteiger partial charge in [-0.1, -0.05) is 28.1 Å². The summed E-state index contributed by atoms with van der Waals surface area (Å²) in [4.78, 5) is 10.5. The van der Waals surface area contributed by atoms with Gasteiger partial charge in [-0.25, -0.2) is 0 Å². The molecule has 21 heavy (non-hydrogen) atoms. The number of hydrogen-bond acceptors (Lipinski definition) is 4. The lowest BCUT2D eigenvalue weighted by Gasteiger charge is -2.12. The van der Waals surface area contributed by atoms with Gasteiger partial charge >= 0.3 is 0 Å². The molecule has 0 saturated heterocycles. The molecule has 0 aliphatic heterocycles. The van der Waals surface area contributed by atoms with Crippen LogP contribution in [-0.4, -0.2) is 12.0 Å². The molecule has 0 aliphatic rings. The van der Waals surface area contributed by atoms with Crippen LogP contribution in [0.25, 0.3) is 0 Å². The molecule has 0 unspecified atom stereocenters. The molecule has 5 nitrogen and oxygen atoms in total. The molecule has 0 amide bonds. The minimum absolute atomic E-state index is 0.0514. The van der Waals surface area contributed by atoms with E-state index in [0.29, 0.717) is 16.8 Å². The highest BCUT2D eigenvalue weighted by atomic mass is 79.9. The second-order valence-electron chi connectivity index (χ2n) is 4.21. The van der Waals surface area contributed by atoms with E-state index in [4.69, 9.17) is 4.74 Å². The van der Waals surface area contributed by atoms with Crippen LogP contribution in [-0.2, 0) is 6.54 Å². The van der Waals surface area contributed by atoms with Crippen LogP contribution in [0.5, 0.6) is 5.75 Å². The number of hydrogen-bond donors (Lipinski definition) is 1. The molecule has 0 saturated carbocycles. The topological polar surface area (TPSA) is 64.4 Å². The third-order valence-corrected chi connectivity index (χ3v) is 4.29. The van der Waals surface area contributed by atoms with Gasteiger partial charge in [-0.05, 0) is 39.7 Å². The average Bonchev–Trinajstić information content (AvgIpc) is 2.46. The Morgan fingerprint density at radius 1 is 1.29 bits per heavy atom. The fraction of sp³-hybridized carbons (Fsp3) is 0.143. The Bertz CT molecular complexity index is 677. The predicted octanol–water partition coefficient (Wildman–Crippen LogP) is 4.74. The summed E-state index contributed by atoms with van der Waals surface area (Å²) in [6.45, 7) is 0.440. The number of rotatable bonds is 5. The van der Waals surface area contributed by atoms with Crippen molar-refractivity contribution >= 4 is 43.2 Å². The van der Waals surface area contributed by atoms with Crippen LogP contribution >= 0.6 is 31.9 Å². The van der Waals surface area contributed by atoms with Crippen molar-refractivity contribution in [1.82, 2.24) is 0 Å². The van der Waals surface area contributed by atoms with Crippen molar-refractivity contribution in [3.05, 3.63) is 61.0 Å². The van der Waals surface area contributed by atoms with E-state index in [1.165, 1.54) is 6.07 Å². The second-order valence-corrected chi connectivity index (χ2v) is 5.91. The average molecular weight is 416 g/mol. The number of halogens is 2. The zero-order valence-electron chi connectivity index (χ0n) is 11.1. The lowest BCUT2D eigenvalue weighted by atomic mass is 10.2. The van der Waals surface area contributed by atoms with Gasteiger partial charge in [0.05, 0.1) is 17.7 Å². The molecule has 0 atom stereocenters. The molecule has 2 aromatic rings. The van der Waals surface area contributed by atoms with E-state index in [-0.39, 0.29) is 5.69 Å². The Balaban J connectivity index is 2.23. The summed E-state index contributed by atoms with van der Waals surface area (Å²) < 4.78 is 6.68. The van der Waals surface area contributed by atoms with Crippen LogP contribution in [0.3, 0.4) is 0 Å². The minimum atomic E-state index is -0.409. The third kappa shape index (κ3) is 3.74. The smallest absolute Gasteiger partial charge is 0.283 e. The van der Waals surface area contributed by atoms with Crippen molar-refractivity contribution < 1.29 is 9.66 Å². The Hall–Kier alpha value is -1.60. The van der Waals surface area contributed by atoms with Crippen LogP contribution in [0.1, 0.15) is 5.56 Å². The number of nitrogens with one attached hydrogen (secondary N) is 1. The van der Waals surface area contributed by atoms with E-state index in [2.05, 4.69) is 37.2 Å². The summed E-state index contributed by atoms with van der Waals surface area (Å²) in [6, 6.07) is 10.6. The summed E-state index contributed by atoms with van der Waals surface area (Å²) >= 11 is 6.69. The highest BCUT2D eigenvalue weighted by molar-refractivity contribution is 9.11. The molecule has 0 aromatic heterocycles. The molecular weight excluding hydrogens is 404 g/mol. The first-order valence-corrected chi connectivity index (χ1v) is 7.60. The maximum absolute atomic E-state index is 10.9. The normalized spacial score (nSPS) is 10.2. The quantitative estimate of drug-likeness (QED) is 0.565. The van der Waals surface area contributed by atoms with Gasteiger partial charge in [0.2, 0.25) is 0 Å². The number of benzene rings is 2. The number of ether oxygens (including phenoxy) is 1. The fourth-order valence-electron chi connectivity index (χ4n) is 1.85. The Morgan fingerprint density at radius 3 is 2.71 bits per heavy atom. The molecule has 0 aliphatic carbocycles. The third-order valence-electron chi connectivity index (χ3n) is 2.89. The van der Waals surface area contributed by atoms with Gasteiger partial charge in [-0.3, -0.25) is 10.1 Å². The number of nitro groups is 1. The van der Waals surface area contributed by atoms with Crippen molar-refractivity contribution in [2.24, 2.45) is 0 Å². The Kier molecular flexibility index (Phi) is 5.19. The van der Waals surface area contributed by atoms with Crippen LogP contribution in [0.15, 0.2) is 45.3 Å². The van der Waals surface area contributed by atoms with Gasteiger partial charge in [0.25, 0.3) is 5.69 Å². The van der Waals surface area contributed by atoms with Crippen LogP contribution < -0.4 is 10.1 Å². The summed E-state index contributed by atoms with van der Waals surface area (Å²) in [5.41, 5.74) is 1.66. The van der Waals surface area contributed by atoms with Gasteiger partial charge in [-0.2, -0.15) is 0 Å². The highest BCUT2D eigenvalue weighted by Crippen LogP contribution is 2.31. The van der Waals surface area contributed by atoms with Gasteiger partial charge in [0.1, 0.15) is 10.2 Å². The number of methoxy groups -OCH3 is 1. The lowest BCUT2D eigenvalue weighted by molar-refractivity contribution is -0.385. The zero-order valence-corrected chi connectivity index (χ0v) is 14.3. The van der Waals surface area contributed by atoms with Gasteiger partial charge < -0.3 is 10.1 Å². The SMILES string of the molecule is COc1ccc(Br)cc1NCc1cccc([N+](=O)[O-])c1Br. The molecule has 2 rings (SSSR count). The van der Waals surface area contributed by atoms with Crippen molar-refractivity contribution in [1.29, 1.82) is 0 Å².